The van der Waals surface area contributed by atoms with Gasteiger partial charge in [-0.05, 0) is 48.0 Å². The Morgan fingerprint density at radius 2 is 1.85 bits per heavy atom. The number of rotatable bonds is 7. The highest BCUT2D eigenvalue weighted by Gasteiger charge is 2.08. The van der Waals surface area contributed by atoms with Crippen LogP contribution < -0.4 is 14.9 Å². The maximum atomic E-state index is 12.8. The van der Waals surface area contributed by atoms with Crippen molar-refractivity contribution in [3.8, 4) is 11.5 Å². The SMILES string of the molecule is COC(=O)COc1ccc(/C=N\NC(=O)c2ccc(F)cc2)cc1OC. The van der Waals surface area contributed by atoms with E-state index in [2.05, 4.69) is 15.3 Å². The minimum atomic E-state index is -0.513. The number of nitrogens with one attached hydrogen (secondary N) is 1. The molecule has 0 fully saturated rings. The lowest BCUT2D eigenvalue weighted by Gasteiger charge is -2.10. The van der Waals surface area contributed by atoms with E-state index in [-0.39, 0.29) is 12.2 Å². The summed E-state index contributed by atoms with van der Waals surface area (Å²) in [4.78, 5) is 23.0. The number of carbonyl (C=O) groups is 2. The number of esters is 1. The first-order chi connectivity index (χ1) is 12.5. The minimum Gasteiger partial charge on any atom is -0.493 e. The Morgan fingerprint density at radius 1 is 1.12 bits per heavy atom. The molecule has 0 atom stereocenters. The molecule has 0 aromatic heterocycles. The molecule has 0 saturated heterocycles. The Morgan fingerprint density at radius 3 is 2.50 bits per heavy atom. The van der Waals surface area contributed by atoms with E-state index in [9.17, 15) is 14.0 Å². The number of hydrogen-bond acceptors (Lipinski definition) is 6. The van der Waals surface area contributed by atoms with Crippen molar-refractivity contribution in [2.45, 2.75) is 0 Å². The Labute approximate surface area is 149 Å². The van der Waals surface area contributed by atoms with Gasteiger partial charge in [-0.15, -0.1) is 0 Å². The molecule has 26 heavy (non-hydrogen) atoms. The van der Waals surface area contributed by atoms with Gasteiger partial charge in [0.1, 0.15) is 5.82 Å². The van der Waals surface area contributed by atoms with Gasteiger partial charge in [0.2, 0.25) is 0 Å². The van der Waals surface area contributed by atoms with E-state index in [0.717, 1.165) is 0 Å². The molecule has 0 heterocycles. The van der Waals surface area contributed by atoms with Crippen molar-refractivity contribution in [3.63, 3.8) is 0 Å². The normalized spacial score (nSPS) is 10.4. The number of halogens is 1. The molecule has 0 bridgehead atoms. The highest BCUT2D eigenvalue weighted by atomic mass is 19.1. The van der Waals surface area contributed by atoms with Crippen molar-refractivity contribution in [2.75, 3.05) is 20.8 Å². The average molecular weight is 360 g/mol. The largest absolute Gasteiger partial charge is 0.493 e. The van der Waals surface area contributed by atoms with E-state index in [0.29, 0.717) is 17.1 Å². The fourth-order valence-corrected chi connectivity index (χ4v) is 1.91. The third-order valence-corrected chi connectivity index (χ3v) is 3.25. The summed E-state index contributed by atoms with van der Waals surface area (Å²) in [5.74, 6) is -0.646. The van der Waals surface area contributed by atoms with Crippen LogP contribution in [-0.2, 0) is 9.53 Å². The van der Waals surface area contributed by atoms with Gasteiger partial charge in [0.15, 0.2) is 18.1 Å². The smallest absolute Gasteiger partial charge is 0.343 e. The van der Waals surface area contributed by atoms with Crippen LogP contribution in [0.1, 0.15) is 15.9 Å². The number of hydrazone groups is 1. The molecule has 2 aromatic carbocycles. The zero-order valence-electron chi connectivity index (χ0n) is 14.2. The predicted molar refractivity (Wildman–Crippen MR) is 92.0 cm³/mol. The van der Waals surface area contributed by atoms with Crippen molar-refractivity contribution in [3.05, 3.63) is 59.4 Å². The van der Waals surface area contributed by atoms with E-state index < -0.39 is 17.7 Å². The first-order valence-corrected chi connectivity index (χ1v) is 7.50. The molecule has 0 aliphatic carbocycles. The molecule has 0 aliphatic rings. The molecule has 2 aromatic rings. The van der Waals surface area contributed by atoms with E-state index in [1.165, 1.54) is 44.7 Å². The molecule has 1 N–H and O–H groups in total. The molecule has 0 spiro atoms. The number of methoxy groups -OCH3 is 2. The second kappa shape index (κ2) is 9.16. The maximum absolute atomic E-state index is 12.8. The second-order valence-corrected chi connectivity index (χ2v) is 4.98. The monoisotopic (exact) mass is 360 g/mol. The Balaban J connectivity index is 2.00. The molecule has 7 nitrogen and oxygen atoms in total. The number of nitrogens with zero attached hydrogens (tertiary/aromatic N) is 1. The van der Waals surface area contributed by atoms with E-state index in [1.54, 1.807) is 18.2 Å². The van der Waals surface area contributed by atoms with Crippen LogP contribution in [0, 0.1) is 5.82 Å². The summed E-state index contributed by atoms with van der Waals surface area (Å²) in [6.07, 6.45) is 1.41. The molecule has 0 radical (unpaired) electrons. The third-order valence-electron chi connectivity index (χ3n) is 3.25. The highest BCUT2D eigenvalue weighted by Crippen LogP contribution is 2.27. The average Bonchev–Trinajstić information content (AvgIpc) is 2.66. The van der Waals surface area contributed by atoms with Gasteiger partial charge in [-0.1, -0.05) is 0 Å². The maximum Gasteiger partial charge on any atom is 0.343 e. The van der Waals surface area contributed by atoms with Crippen LogP contribution in [0.4, 0.5) is 4.39 Å². The lowest BCUT2D eigenvalue weighted by atomic mass is 10.2. The quantitative estimate of drug-likeness (QED) is 0.464. The Hall–Kier alpha value is -3.42. The first-order valence-electron chi connectivity index (χ1n) is 7.50. The summed E-state index contributed by atoms with van der Waals surface area (Å²) in [5.41, 5.74) is 3.26. The van der Waals surface area contributed by atoms with Gasteiger partial charge in [0.25, 0.3) is 5.91 Å². The molecular formula is C18H17FN2O5. The molecule has 0 unspecified atom stereocenters. The van der Waals surface area contributed by atoms with Gasteiger partial charge in [0.05, 0.1) is 20.4 Å². The topological polar surface area (TPSA) is 86.2 Å². The van der Waals surface area contributed by atoms with Crippen LogP contribution in [0.25, 0.3) is 0 Å². The summed E-state index contributed by atoms with van der Waals surface area (Å²) in [7, 11) is 2.72. The van der Waals surface area contributed by atoms with Crippen LogP contribution in [0.2, 0.25) is 0 Å². The van der Waals surface area contributed by atoms with Gasteiger partial charge in [-0.2, -0.15) is 5.10 Å². The predicted octanol–water partition coefficient (Wildman–Crippen LogP) is 2.15. The van der Waals surface area contributed by atoms with Crippen LogP contribution >= 0.6 is 0 Å². The third kappa shape index (κ3) is 5.30. The minimum absolute atomic E-state index is 0.242. The van der Waals surface area contributed by atoms with E-state index in [4.69, 9.17) is 9.47 Å². The van der Waals surface area contributed by atoms with Gasteiger partial charge in [0, 0.05) is 5.56 Å². The van der Waals surface area contributed by atoms with Gasteiger partial charge < -0.3 is 14.2 Å². The number of benzene rings is 2. The van der Waals surface area contributed by atoms with Crippen molar-refractivity contribution < 1.29 is 28.2 Å². The number of amides is 1. The van der Waals surface area contributed by atoms with Crippen LogP contribution in [0.5, 0.6) is 11.5 Å². The number of ether oxygens (including phenoxy) is 3. The number of carbonyl (C=O) groups excluding carboxylic acids is 2. The molecular weight excluding hydrogens is 343 g/mol. The molecule has 0 saturated carbocycles. The zero-order valence-corrected chi connectivity index (χ0v) is 14.2. The summed E-state index contributed by atoms with van der Waals surface area (Å²) >= 11 is 0. The summed E-state index contributed by atoms with van der Waals surface area (Å²) in [5, 5.41) is 3.84. The number of hydrogen-bond donors (Lipinski definition) is 1. The highest BCUT2D eigenvalue weighted by molar-refractivity contribution is 5.94. The van der Waals surface area contributed by atoms with E-state index in [1.807, 2.05) is 0 Å². The summed E-state index contributed by atoms with van der Waals surface area (Å²) in [6.45, 7) is -0.242. The van der Waals surface area contributed by atoms with Crippen molar-refractivity contribution >= 4 is 18.1 Å². The second-order valence-electron chi connectivity index (χ2n) is 4.98. The van der Waals surface area contributed by atoms with Gasteiger partial charge in [-0.3, -0.25) is 4.79 Å². The van der Waals surface area contributed by atoms with Crippen LogP contribution in [-0.4, -0.2) is 38.9 Å². The van der Waals surface area contributed by atoms with Crippen LogP contribution in [0.3, 0.4) is 0 Å². The van der Waals surface area contributed by atoms with Gasteiger partial charge in [-0.25, -0.2) is 14.6 Å². The standard InChI is InChI=1S/C18H17FN2O5/c1-24-16-9-12(3-8-15(16)26-11-17(22)25-2)10-20-21-18(23)13-4-6-14(19)7-5-13/h3-10H,11H2,1-2H3,(H,21,23)/b20-10-. The lowest BCUT2D eigenvalue weighted by molar-refractivity contribution is -0.142. The molecule has 2 rings (SSSR count). The van der Waals surface area contributed by atoms with Crippen molar-refractivity contribution in [1.29, 1.82) is 0 Å². The Bertz CT molecular complexity index is 806. The fraction of sp³-hybridized carbons (Fsp3) is 0.167. The molecule has 1 amide bonds. The molecule has 0 aliphatic heterocycles. The fourth-order valence-electron chi connectivity index (χ4n) is 1.91. The summed E-state index contributed by atoms with van der Waals surface area (Å²) < 4.78 is 27.8. The van der Waals surface area contributed by atoms with E-state index >= 15 is 0 Å². The van der Waals surface area contributed by atoms with Gasteiger partial charge >= 0.3 is 5.97 Å². The summed E-state index contributed by atoms with van der Waals surface area (Å²) in [6, 6.07) is 9.99. The van der Waals surface area contributed by atoms with Crippen molar-refractivity contribution in [1.82, 2.24) is 5.43 Å². The first kappa shape index (κ1) is 18.9. The molecule has 8 heteroatoms. The zero-order chi connectivity index (χ0) is 18.9. The van der Waals surface area contributed by atoms with Crippen molar-refractivity contribution in [2.24, 2.45) is 5.10 Å². The Kier molecular flexibility index (Phi) is 6.67. The lowest BCUT2D eigenvalue weighted by Crippen LogP contribution is -2.17. The van der Waals surface area contributed by atoms with Crippen LogP contribution in [0.15, 0.2) is 47.6 Å². The molecule has 136 valence electrons.